The van der Waals surface area contributed by atoms with Crippen molar-refractivity contribution >= 4 is 0 Å². The van der Waals surface area contributed by atoms with Crippen LogP contribution >= 0.6 is 0 Å². The highest BCUT2D eigenvalue weighted by Gasteiger charge is 2.34. The van der Waals surface area contributed by atoms with Crippen molar-refractivity contribution in [2.24, 2.45) is 11.3 Å². The number of methoxy groups -OCH3 is 1. The van der Waals surface area contributed by atoms with Gasteiger partial charge in [0.05, 0.1) is 6.61 Å². The third-order valence-corrected chi connectivity index (χ3v) is 4.01. The Morgan fingerprint density at radius 1 is 1.28 bits per heavy atom. The predicted octanol–water partition coefficient (Wildman–Crippen LogP) is 2.37. The van der Waals surface area contributed by atoms with Crippen LogP contribution in [-0.4, -0.2) is 51.8 Å². The number of rotatable bonds is 9. The molecule has 0 atom stereocenters. The SMILES string of the molecule is CNCC1(CN(CCOC)CC(C)C)CCCC1. The fourth-order valence-electron chi connectivity index (χ4n) is 3.34. The second-order valence-corrected chi connectivity index (χ2v) is 6.36. The van der Waals surface area contributed by atoms with E-state index in [1.807, 2.05) is 0 Å². The molecule has 0 unspecified atom stereocenters. The van der Waals surface area contributed by atoms with E-state index in [1.54, 1.807) is 7.11 Å². The van der Waals surface area contributed by atoms with Crippen LogP contribution in [0.3, 0.4) is 0 Å². The zero-order chi connectivity index (χ0) is 13.4. The molecule has 0 amide bonds. The Labute approximate surface area is 113 Å². The van der Waals surface area contributed by atoms with Gasteiger partial charge in [-0.15, -0.1) is 0 Å². The maximum atomic E-state index is 5.25. The highest BCUT2D eigenvalue weighted by Crippen LogP contribution is 2.38. The number of nitrogens with one attached hydrogen (secondary N) is 1. The summed E-state index contributed by atoms with van der Waals surface area (Å²) >= 11 is 0. The van der Waals surface area contributed by atoms with Crippen molar-refractivity contribution in [2.75, 3.05) is 46.9 Å². The van der Waals surface area contributed by atoms with Gasteiger partial charge in [-0.05, 0) is 31.2 Å². The molecule has 0 bridgehead atoms. The molecule has 0 aromatic rings. The first kappa shape index (κ1) is 15.9. The summed E-state index contributed by atoms with van der Waals surface area (Å²) in [6.07, 6.45) is 5.58. The van der Waals surface area contributed by atoms with E-state index >= 15 is 0 Å². The van der Waals surface area contributed by atoms with E-state index in [2.05, 4.69) is 31.1 Å². The monoisotopic (exact) mass is 256 g/mol. The van der Waals surface area contributed by atoms with Gasteiger partial charge in [-0.2, -0.15) is 0 Å². The number of hydrogen-bond acceptors (Lipinski definition) is 3. The molecule has 0 saturated heterocycles. The Morgan fingerprint density at radius 3 is 2.44 bits per heavy atom. The van der Waals surface area contributed by atoms with Gasteiger partial charge in [0, 0.05) is 33.3 Å². The summed E-state index contributed by atoms with van der Waals surface area (Å²) in [4.78, 5) is 2.61. The summed E-state index contributed by atoms with van der Waals surface area (Å²) in [6.45, 7) is 10.1. The predicted molar refractivity (Wildman–Crippen MR) is 78.0 cm³/mol. The summed E-state index contributed by atoms with van der Waals surface area (Å²) in [6, 6.07) is 0. The molecule has 18 heavy (non-hydrogen) atoms. The van der Waals surface area contributed by atoms with E-state index in [0.717, 1.165) is 25.6 Å². The van der Waals surface area contributed by atoms with E-state index in [-0.39, 0.29) is 0 Å². The fraction of sp³-hybridized carbons (Fsp3) is 1.00. The van der Waals surface area contributed by atoms with Crippen molar-refractivity contribution in [3.63, 3.8) is 0 Å². The van der Waals surface area contributed by atoms with Gasteiger partial charge in [-0.3, -0.25) is 0 Å². The van der Waals surface area contributed by atoms with Crippen molar-refractivity contribution in [2.45, 2.75) is 39.5 Å². The van der Waals surface area contributed by atoms with Crippen LogP contribution in [0.5, 0.6) is 0 Å². The topological polar surface area (TPSA) is 24.5 Å². The van der Waals surface area contributed by atoms with E-state index in [4.69, 9.17) is 4.74 Å². The van der Waals surface area contributed by atoms with Gasteiger partial charge < -0.3 is 15.0 Å². The summed E-state index contributed by atoms with van der Waals surface area (Å²) < 4.78 is 5.25. The van der Waals surface area contributed by atoms with Crippen LogP contribution in [0.25, 0.3) is 0 Å². The lowest BCUT2D eigenvalue weighted by Gasteiger charge is -2.36. The van der Waals surface area contributed by atoms with Crippen LogP contribution in [0.1, 0.15) is 39.5 Å². The van der Waals surface area contributed by atoms with E-state index in [1.165, 1.54) is 38.8 Å². The van der Waals surface area contributed by atoms with E-state index in [9.17, 15) is 0 Å². The number of hydrogen-bond donors (Lipinski definition) is 1. The smallest absolute Gasteiger partial charge is 0.0589 e. The molecule has 0 aromatic heterocycles. The lowest BCUT2D eigenvalue weighted by atomic mass is 9.85. The van der Waals surface area contributed by atoms with Crippen molar-refractivity contribution in [3.05, 3.63) is 0 Å². The van der Waals surface area contributed by atoms with Gasteiger partial charge in [0.2, 0.25) is 0 Å². The lowest BCUT2D eigenvalue weighted by Crippen LogP contribution is -2.44. The maximum Gasteiger partial charge on any atom is 0.0589 e. The van der Waals surface area contributed by atoms with Gasteiger partial charge in [-0.25, -0.2) is 0 Å². The van der Waals surface area contributed by atoms with Gasteiger partial charge in [0.15, 0.2) is 0 Å². The fourth-order valence-corrected chi connectivity index (χ4v) is 3.34. The van der Waals surface area contributed by atoms with Crippen molar-refractivity contribution < 1.29 is 4.74 Å². The summed E-state index contributed by atoms with van der Waals surface area (Å²) in [7, 11) is 3.88. The van der Waals surface area contributed by atoms with Crippen molar-refractivity contribution in [3.8, 4) is 0 Å². The van der Waals surface area contributed by atoms with Crippen LogP contribution < -0.4 is 5.32 Å². The molecule has 0 radical (unpaired) electrons. The molecule has 1 aliphatic carbocycles. The standard InChI is InChI=1S/C15H32N2O/c1-14(2)11-17(9-10-18-4)13-15(12-16-3)7-5-6-8-15/h14,16H,5-13H2,1-4H3. The molecule has 0 aliphatic heterocycles. The molecule has 0 heterocycles. The summed E-state index contributed by atoms with van der Waals surface area (Å²) in [5.74, 6) is 0.731. The molecule has 108 valence electrons. The first-order valence-electron chi connectivity index (χ1n) is 7.48. The minimum Gasteiger partial charge on any atom is -0.383 e. The molecule has 1 saturated carbocycles. The Hall–Kier alpha value is -0.120. The molecule has 0 aromatic carbocycles. The quantitative estimate of drug-likeness (QED) is 0.685. The largest absolute Gasteiger partial charge is 0.383 e. The lowest BCUT2D eigenvalue weighted by molar-refractivity contribution is 0.0979. The number of ether oxygens (including phenoxy) is 1. The van der Waals surface area contributed by atoms with E-state index in [0.29, 0.717) is 5.41 Å². The zero-order valence-electron chi connectivity index (χ0n) is 12.8. The summed E-state index contributed by atoms with van der Waals surface area (Å²) in [5, 5.41) is 3.41. The summed E-state index contributed by atoms with van der Waals surface area (Å²) in [5.41, 5.74) is 0.511. The Morgan fingerprint density at radius 2 is 1.94 bits per heavy atom. The molecule has 1 aliphatic rings. The second-order valence-electron chi connectivity index (χ2n) is 6.36. The normalized spacial score (nSPS) is 19.0. The molecule has 3 nitrogen and oxygen atoms in total. The average molecular weight is 256 g/mol. The van der Waals surface area contributed by atoms with Gasteiger partial charge in [-0.1, -0.05) is 26.7 Å². The van der Waals surface area contributed by atoms with Crippen molar-refractivity contribution in [1.29, 1.82) is 0 Å². The van der Waals surface area contributed by atoms with Crippen LogP contribution in [0.15, 0.2) is 0 Å². The van der Waals surface area contributed by atoms with Crippen LogP contribution in [-0.2, 0) is 4.74 Å². The molecule has 0 spiro atoms. The van der Waals surface area contributed by atoms with Gasteiger partial charge in [0.1, 0.15) is 0 Å². The molecule has 1 N–H and O–H groups in total. The van der Waals surface area contributed by atoms with Gasteiger partial charge >= 0.3 is 0 Å². The molecule has 1 rings (SSSR count). The Kier molecular flexibility index (Phi) is 7.20. The van der Waals surface area contributed by atoms with Crippen LogP contribution in [0.4, 0.5) is 0 Å². The molecule has 3 heteroatoms. The number of nitrogens with zero attached hydrogens (tertiary/aromatic N) is 1. The first-order valence-corrected chi connectivity index (χ1v) is 7.48. The minimum absolute atomic E-state index is 0.511. The molecular formula is C15H32N2O. The average Bonchev–Trinajstić information content (AvgIpc) is 2.74. The highest BCUT2D eigenvalue weighted by molar-refractivity contribution is 4.89. The minimum atomic E-state index is 0.511. The Bertz CT molecular complexity index is 213. The maximum absolute atomic E-state index is 5.25. The Balaban J connectivity index is 2.54. The molecular weight excluding hydrogens is 224 g/mol. The van der Waals surface area contributed by atoms with Crippen molar-refractivity contribution in [1.82, 2.24) is 10.2 Å². The third kappa shape index (κ3) is 5.25. The highest BCUT2D eigenvalue weighted by atomic mass is 16.5. The van der Waals surface area contributed by atoms with Crippen LogP contribution in [0, 0.1) is 11.3 Å². The van der Waals surface area contributed by atoms with Crippen LogP contribution in [0.2, 0.25) is 0 Å². The second kappa shape index (κ2) is 8.13. The molecule has 1 fully saturated rings. The third-order valence-electron chi connectivity index (χ3n) is 4.01. The van der Waals surface area contributed by atoms with E-state index < -0.39 is 0 Å². The first-order chi connectivity index (χ1) is 8.62. The zero-order valence-corrected chi connectivity index (χ0v) is 12.8. The van der Waals surface area contributed by atoms with Gasteiger partial charge in [0.25, 0.3) is 0 Å².